The van der Waals surface area contributed by atoms with Gasteiger partial charge in [-0.1, -0.05) is 87.5 Å². The molecule has 0 aliphatic heterocycles. The normalized spacial score (nSPS) is 13.8. The molecular weight excluding hydrogens is 575 g/mol. The van der Waals surface area contributed by atoms with Crippen LogP contribution in [-0.4, -0.2) is 33.8 Å². The van der Waals surface area contributed by atoms with E-state index in [1.807, 2.05) is 12.1 Å². The van der Waals surface area contributed by atoms with E-state index in [2.05, 4.69) is 144 Å². The maximum atomic E-state index is 7.23. The molecule has 1 unspecified atom stereocenters. The zero-order valence-corrected chi connectivity index (χ0v) is 29.7. The molecule has 0 aliphatic carbocycles. The fourth-order valence-electron chi connectivity index (χ4n) is 5.54. The summed E-state index contributed by atoms with van der Waals surface area (Å²) in [7, 11) is -2.23. The summed E-state index contributed by atoms with van der Waals surface area (Å²) in [4.78, 5) is 0. The Morgan fingerprint density at radius 2 is 1.14 bits per heavy atom. The first-order chi connectivity index (χ1) is 21.0. The summed E-state index contributed by atoms with van der Waals surface area (Å²) >= 11 is 0. The molecular formula is C39H52O3PSi+. The molecule has 0 bridgehead atoms. The molecule has 44 heavy (non-hydrogen) atoms. The zero-order chi connectivity index (χ0) is 31.6. The Kier molecular flexibility index (Phi) is 12.0. The third-order valence-electron chi connectivity index (χ3n) is 9.23. The van der Waals surface area contributed by atoms with Gasteiger partial charge in [0.25, 0.3) is 0 Å². The Balaban J connectivity index is 1.59. The van der Waals surface area contributed by atoms with Gasteiger partial charge in [0.15, 0.2) is 8.32 Å². The highest BCUT2D eigenvalue weighted by atomic mass is 31.2. The van der Waals surface area contributed by atoms with Crippen LogP contribution in [0.4, 0.5) is 0 Å². The van der Waals surface area contributed by atoms with Gasteiger partial charge in [-0.25, -0.2) is 0 Å². The van der Waals surface area contributed by atoms with Gasteiger partial charge in [0.2, 0.25) is 0 Å². The first-order valence-electron chi connectivity index (χ1n) is 16.0. The highest BCUT2D eigenvalue weighted by Gasteiger charge is 2.46. The van der Waals surface area contributed by atoms with E-state index < -0.39 is 15.6 Å². The Morgan fingerprint density at radius 3 is 1.57 bits per heavy atom. The maximum Gasteiger partial charge on any atom is 0.192 e. The van der Waals surface area contributed by atoms with E-state index in [1.54, 1.807) is 7.11 Å². The van der Waals surface area contributed by atoms with Gasteiger partial charge >= 0.3 is 0 Å². The van der Waals surface area contributed by atoms with Crippen molar-refractivity contribution in [2.24, 2.45) is 0 Å². The molecule has 0 fully saturated rings. The molecule has 0 saturated carbocycles. The standard InChI is InChI=1S/C39H52O3PSi/c1-32(41-31-33-24-27-34(40-5)28-25-33)23-26-35(42-44(6,7)39(2,3)4)29-30-43(36-17-11-8-12-18-36,37-19-13-9-14-20-37)38-21-15-10-16-22-38/h8-22,24-25,27-28,32,35H,23,26,29-31H2,1-7H3/q+1/t32?,35-/m0/s1. The second kappa shape index (κ2) is 15.5. The molecule has 0 aliphatic rings. The molecule has 0 saturated heterocycles. The maximum absolute atomic E-state index is 7.23. The summed E-state index contributed by atoms with van der Waals surface area (Å²) < 4.78 is 18.9. The summed E-state index contributed by atoms with van der Waals surface area (Å²) in [6.45, 7) is 14.6. The minimum Gasteiger partial charge on any atom is -0.497 e. The van der Waals surface area contributed by atoms with Crippen molar-refractivity contribution in [1.29, 1.82) is 0 Å². The lowest BCUT2D eigenvalue weighted by atomic mass is 10.1. The Morgan fingerprint density at radius 1 is 0.659 bits per heavy atom. The summed E-state index contributed by atoms with van der Waals surface area (Å²) in [5.74, 6) is 0.868. The minimum absolute atomic E-state index is 0.138. The molecule has 4 aromatic carbocycles. The average Bonchev–Trinajstić information content (AvgIpc) is 3.04. The number of ether oxygens (including phenoxy) is 2. The third-order valence-corrected chi connectivity index (χ3v) is 18.2. The van der Waals surface area contributed by atoms with Crippen molar-refractivity contribution < 1.29 is 13.9 Å². The van der Waals surface area contributed by atoms with E-state index in [0.717, 1.165) is 36.7 Å². The van der Waals surface area contributed by atoms with Crippen molar-refractivity contribution in [3.63, 3.8) is 0 Å². The molecule has 0 aromatic heterocycles. The number of hydrogen-bond acceptors (Lipinski definition) is 3. The number of benzene rings is 4. The number of hydrogen-bond donors (Lipinski definition) is 0. The van der Waals surface area contributed by atoms with E-state index in [1.165, 1.54) is 15.9 Å². The van der Waals surface area contributed by atoms with Crippen LogP contribution in [0.25, 0.3) is 0 Å². The van der Waals surface area contributed by atoms with Crippen LogP contribution in [0.1, 0.15) is 52.5 Å². The van der Waals surface area contributed by atoms with E-state index in [0.29, 0.717) is 6.61 Å². The van der Waals surface area contributed by atoms with E-state index in [-0.39, 0.29) is 17.2 Å². The van der Waals surface area contributed by atoms with Crippen LogP contribution < -0.4 is 20.7 Å². The topological polar surface area (TPSA) is 27.7 Å². The van der Waals surface area contributed by atoms with Gasteiger partial charge in [-0.05, 0) is 92.0 Å². The fraction of sp³-hybridized carbons (Fsp3) is 0.385. The lowest BCUT2D eigenvalue weighted by Gasteiger charge is -2.40. The van der Waals surface area contributed by atoms with E-state index >= 15 is 0 Å². The molecule has 0 radical (unpaired) electrons. The Bertz CT molecular complexity index is 1290. The van der Waals surface area contributed by atoms with Crippen molar-refractivity contribution >= 4 is 31.5 Å². The zero-order valence-electron chi connectivity index (χ0n) is 27.8. The number of rotatable bonds is 15. The summed E-state index contributed by atoms with van der Waals surface area (Å²) in [6, 6.07) is 41.7. The van der Waals surface area contributed by atoms with Crippen LogP contribution in [0, 0.1) is 0 Å². The molecule has 0 spiro atoms. The quantitative estimate of drug-likeness (QED) is 0.0972. The molecule has 0 N–H and O–H groups in total. The molecule has 3 nitrogen and oxygen atoms in total. The fourth-order valence-corrected chi connectivity index (χ4v) is 11.3. The van der Waals surface area contributed by atoms with Crippen LogP contribution in [0.5, 0.6) is 5.75 Å². The molecule has 0 amide bonds. The van der Waals surface area contributed by atoms with E-state index in [4.69, 9.17) is 13.9 Å². The monoisotopic (exact) mass is 627 g/mol. The van der Waals surface area contributed by atoms with E-state index in [9.17, 15) is 0 Å². The Hall–Kier alpha value is -2.75. The first-order valence-corrected chi connectivity index (χ1v) is 20.9. The second-order valence-corrected chi connectivity index (χ2v) is 21.7. The number of methoxy groups -OCH3 is 1. The SMILES string of the molecule is COc1ccc(COC(C)CC[C@@H](CC[P+](c2ccccc2)(c2ccccc2)c2ccccc2)O[Si](C)(C)C(C)(C)C)cc1. The average molecular weight is 628 g/mol. The smallest absolute Gasteiger partial charge is 0.192 e. The van der Waals surface area contributed by atoms with Gasteiger partial charge in [-0.15, -0.1) is 0 Å². The van der Waals surface area contributed by atoms with Crippen LogP contribution >= 0.6 is 7.26 Å². The largest absolute Gasteiger partial charge is 0.497 e. The molecule has 0 heterocycles. The third kappa shape index (κ3) is 8.70. The van der Waals surface area contributed by atoms with Crippen molar-refractivity contribution in [1.82, 2.24) is 0 Å². The molecule has 2 atom stereocenters. The van der Waals surface area contributed by atoms with Crippen molar-refractivity contribution in [2.45, 2.75) is 83.9 Å². The van der Waals surface area contributed by atoms with Gasteiger partial charge in [0.1, 0.15) is 28.9 Å². The first kappa shape index (κ1) is 34.1. The highest BCUT2D eigenvalue weighted by Crippen LogP contribution is 2.56. The summed E-state index contributed by atoms with van der Waals surface area (Å²) in [6.07, 6.45) is 4.31. The predicted octanol–water partition coefficient (Wildman–Crippen LogP) is 9.16. The predicted molar refractivity (Wildman–Crippen MR) is 193 cm³/mol. The summed E-state index contributed by atoms with van der Waals surface area (Å²) in [5, 5.41) is 4.44. The van der Waals surface area contributed by atoms with Crippen LogP contribution in [0.3, 0.4) is 0 Å². The lowest BCUT2D eigenvalue weighted by molar-refractivity contribution is 0.0363. The van der Waals surface area contributed by atoms with Crippen molar-refractivity contribution in [3.8, 4) is 5.75 Å². The van der Waals surface area contributed by atoms with Crippen LogP contribution in [-0.2, 0) is 15.8 Å². The van der Waals surface area contributed by atoms with Crippen LogP contribution in [0.15, 0.2) is 115 Å². The molecule has 4 rings (SSSR count). The molecule has 5 heteroatoms. The van der Waals surface area contributed by atoms with Gasteiger partial charge < -0.3 is 13.9 Å². The Labute approximate surface area is 268 Å². The van der Waals surface area contributed by atoms with Gasteiger partial charge in [0, 0.05) is 12.5 Å². The molecule has 4 aromatic rings. The highest BCUT2D eigenvalue weighted by molar-refractivity contribution is 7.95. The van der Waals surface area contributed by atoms with Gasteiger partial charge in [0.05, 0.1) is 26.0 Å². The lowest BCUT2D eigenvalue weighted by Crippen LogP contribution is -2.44. The summed E-state index contributed by atoms with van der Waals surface area (Å²) in [5.41, 5.74) is 1.16. The van der Waals surface area contributed by atoms with Crippen LogP contribution in [0.2, 0.25) is 18.1 Å². The minimum atomic E-state index is -1.99. The molecule has 234 valence electrons. The van der Waals surface area contributed by atoms with Gasteiger partial charge in [-0.2, -0.15) is 0 Å². The van der Waals surface area contributed by atoms with Gasteiger partial charge in [-0.3, -0.25) is 0 Å². The van der Waals surface area contributed by atoms with Crippen molar-refractivity contribution in [3.05, 3.63) is 121 Å². The second-order valence-electron chi connectivity index (χ2n) is 13.4. The van der Waals surface area contributed by atoms with Crippen molar-refractivity contribution in [2.75, 3.05) is 13.3 Å².